The second kappa shape index (κ2) is 5.86. The van der Waals surface area contributed by atoms with Crippen molar-refractivity contribution >= 4 is 11.6 Å². The molecule has 2 aliphatic rings. The van der Waals surface area contributed by atoms with Gasteiger partial charge in [0.1, 0.15) is 5.82 Å². The average Bonchev–Trinajstić information content (AvgIpc) is 2.86. The van der Waals surface area contributed by atoms with Crippen molar-refractivity contribution in [2.75, 3.05) is 13.1 Å². The highest BCUT2D eigenvalue weighted by molar-refractivity contribution is 6.31. The molecule has 0 amide bonds. The van der Waals surface area contributed by atoms with Crippen LogP contribution in [0.25, 0.3) is 0 Å². The zero-order valence-corrected chi connectivity index (χ0v) is 13.2. The van der Waals surface area contributed by atoms with Crippen LogP contribution in [-0.4, -0.2) is 28.7 Å². The molecule has 21 heavy (non-hydrogen) atoms. The van der Waals surface area contributed by atoms with Crippen molar-refractivity contribution < 1.29 is 9.50 Å². The molecule has 1 aromatic carbocycles. The molecule has 0 radical (unpaired) electrons. The van der Waals surface area contributed by atoms with E-state index in [4.69, 9.17) is 11.6 Å². The lowest BCUT2D eigenvalue weighted by molar-refractivity contribution is -0.0613. The molecular weight excluding hydrogens is 289 g/mol. The van der Waals surface area contributed by atoms with Gasteiger partial charge < -0.3 is 5.11 Å². The summed E-state index contributed by atoms with van der Waals surface area (Å²) >= 11 is 6.13. The van der Waals surface area contributed by atoms with Gasteiger partial charge in [0, 0.05) is 30.6 Å². The fraction of sp³-hybridized carbons (Fsp3) is 0.647. The first-order valence-corrected chi connectivity index (χ1v) is 8.28. The van der Waals surface area contributed by atoms with Crippen molar-refractivity contribution in [3.8, 4) is 0 Å². The van der Waals surface area contributed by atoms with Crippen molar-refractivity contribution in [2.24, 2.45) is 11.8 Å². The van der Waals surface area contributed by atoms with Gasteiger partial charge in [0.15, 0.2) is 0 Å². The summed E-state index contributed by atoms with van der Waals surface area (Å²) in [6.45, 7) is 4.76. The number of hydrogen-bond acceptors (Lipinski definition) is 2. The summed E-state index contributed by atoms with van der Waals surface area (Å²) in [4.78, 5) is 2.36. The molecule has 1 aromatic rings. The van der Waals surface area contributed by atoms with Crippen LogP contribution in [0.15, 0.2) is 18.2 Å². The molecule has 1 saturated carbocycles. The third-order valence-electron chi connectivity index (χ3n) is 5.41. The molecule has 0 bridgehead atoms. The van der Waals surface area contributed by atoms with E-state index in [1.807, 2.05) is 0 Å². The lowest BCUT2D eigenvalue weighted by Gasteiger charge is -2.40. The molecule has 3 rings (SSSR count). The Morgan fingerprint density at radius 3 is 2.95 bits per heavy atom. The van der Waals surface area contributed by atoms with Gasteiger partial charge in [0.25, 0.3) is 0 Å². The van der Waals surface area contributed by atoms with E-state index < -0.39 is 5.60 Å². The second-order valence-corrected chi connectivity index (χ2v) is 7.05. The van der Waals surface area contributed by atoms with E-state index >= 15 is 0 Å². The Labute approximate surface area is 130 Å². The molecule has 1 N–H and O–H groups in total. The van der Waals surface area contributed by atoms with Crippen LogP contribution in [0.5, 0.6) is 0 Å². The predicted octanol–water partition coefficient (Wildman–Crippen LogP) is 3.85. The zero-order valence-electron chi connectivity index (χ0n) is 12.5. The summed E-state index contributed by atoms with van der Waals surface area (Å²) in [5, 5.41) is 11.3. The largest absolute Gasteiger partial charge is 0.390 e. The number of likely N-dealkylation sites (tertiary alicyclic amines) is 1. The zero-order chi connectivity index (χ0) is 15.0. The minimum absolute atomic E-state index is 0.292. The maximum absolute atomic E-state index is 13.1. The van der Waals surface area contributed by atoms with Crippen molar-refractivity contribution in [3.63, 3.8) is 0 Å². The molecule has 116 valence electrons. The van der Waals surface area contributed by atoms with Gasteiger partial charge in [-0.15, -0.1) is 0 Å². The molecule has 4 heteroatoms. The molecule has 1 saturated heterocycles. The maximum Gasteiger partial charge on any atom is 0.124 e. The molecule has 2 fully saturated rings. The molecule has 1 aliphatic heterocycles. The minimum Gasteiger partial charge on any atom is -0.390 e. The van der Waals surface area contributed by atoms with Crippen LogP contribution in [0, 0.1) is 17.7 Å². The van der Waals surface area contributed by atoms with Crippen LogP contribution in [-0.2, 0) is 6.54 Å². The molecule has 0 unspecified atom stereocenters. The summed E-state index contributed by atoms with van der Waals surface area (Å²) in [5.74, 6) is 0.664. The predicted molar refractivity (Wildman–Crippen MR) is 82.8 cm³/mol. The summed E-state index contributed by atoms with van der Waals surface area (Å²) in [6, 6.07) is 4.61. The topological polar surface area (TPSA) is 23.5 Å². The Balaban J connectivity index is 1.72. The fourth-order valence-corrected chi connectivity index (χ4v) is 4.40. The quantitative estimate of drug-likeness (QED) is 0.916. The van der Waals surface area contributed by atoms with Crippen LogP contribution >= 0.6 is 11.6 Å². The van der Waals surface area contributed by atoms with Crippen LogP contribution in [0.2, 0.25) is 5.02 Å². The van der Waals surface area contributed by atoms with E-state index in [-0.39, 0.29) is 5.82 Å². The lowest BCUT2D eigenvalue weighted by atomic mass is 9.69. The van der Waals surface area contributed by atoms with Crippen molar-refractivity contribution in [1.82, 2.24) is 4.90 Å². The third kappa shape index (κ3) is 2.96. The first kappa shape index (κ1) is 15.3. The standard InChI is InChI=1S/C17H23ClFNO/c1-2-17(21)7-3-4-12-9-20(11-15(12)17)10-13-5-6-14(19)8-16(13)18/h5-6,8,12,15,21H,2-4,7,9-11H2,1H3/t12-,15+,17-/m1/s1. The minimum atomic E-state index is -0.496. The van der Waals surface area contributed by atoms with Gasteiger partial charge in [-0.3, -0.25) is 4.90 Å². The van der Waals surface area contributed by atoms with Crippen LogP contribution in [0.1, 0.15) is 38.2 Å². The highest BCUT2D eigenvalue weighted by atomic mass is 35.5. The monoisotopic (exact) mass is 311 g/mol. The third-order valence-corrected chi connectivity index (χ3v) is 5.76. The summed E-state index contributed by atoms with van der Waals surface area (Å²) < 4.78 is 13.1. The number of rotatable bonds is 3. The highest BCUT2D eigenvalue weighted by Crippen LogP contribution is 2.44. The maximum atomic E-state index is 13.1. The molecule has 0 aromatic heterocycles. The Bertz CT molecular complexity index is 524. The van der Waals surface area contributed by atoms with Crippen LogP contribution < -0.4 is 0 Å². The summed E-state index contributed by atoms with van der Waals surface area (Å²) in [6.07, 6.45) is 4.09. The van der Waals surface area contributed by atoms with Crippen molar-refractivity contribution in [2.45, 2.75) is 44.8 Å². The van der Waals surface area contributed by atoms with Gasteiger partial charge in [-0.25, -0.2) is 4.39 Å². The number of halogens is 2. The van der Waals surface area contributed by atoms with Gasteiger partial charge in [-0.2, -0.15) is 0 Å². The van der Waals surface area contributed by atoms with E-state index in [1.165, 1.54) is 18.6 Å². The van der Waals surface area contributed by atoms with Crippen LogP contribution in [0.4, 0.5) is 4.39 Å². The Morgan fingerprint density at radius 2 is 2.24 bits per heavy atom. The van der Waals surface area contributed by atoms with E-state index in [9.17, 15) is 9.50 Å². The highest BCUT2D eigenvalue weighted by Gasteiger charge is 2.47. The van der Waals surface area contributed by atoms with Gasteiger partial charge in [0.2, 0.25) is 0 Å². The van der Waals surface area contributed by atoms with Crippen molar-refractivity contribution in [1.29, 1.82) is 0 Å². The molecule has 2 nitrogen and oxygen atoms in total. The Hall–Kier alpha value is -0.640. The van der Waals surface area contributed by atoms with E-state index in [1.54, 1.807) is 6.07 Å². The van der Waals surface area contributed by atoms with Gasteiger partial charge in [-0.1, -0.05) is 31.0 Å². The SMILES string of the molecule is CC[C@@]1(O)CCC[C@@H]2CN(Cc3ccc(F)cc3Cl)C[C@@H]21. The van der Waals surface area contributed by atoms with Crippen molar-refractivity contribution in [3.05, 3.63) is 34.6 Å². The number of fused-ring (bicyclic) bond motifs is 1. The number of hydrogen-bond donors (Lipinski definition) is 1. The summed E-state index contributed by atoms with van der Waals surface area (Å²) in [7, 11) is 0. The molecule has 1 aliphatic carbocycles. The number of nitrogens with zero attached hydrogens (tertiary/aromatic N) is 1. The lowest BCUT2D eigenvalue weighted by Crippen LogP contribution is -2.44. The number of benzene rings is 1. The molecule has 1 heterocycles. The Morgan fingerprint density at radius 1 is 1.43 bits per heavy atom. The van der Waals surface area contributed by atoms with E-state index in [2.05, 4.69) is 11.8 Å². The Kier molecular flexibility index (Phi) is 4.26. The van der Waals surface area contributed by atoms with Gasteiger partial charge in [0.05, 0.1) is 5.60 Å². The average molecular weight is 312 g/mol. The van der Waals surface area contributed by atoms with Gasteiger partial charge in [-0.05, 0) is 42.9 Å². The first-order valence-electron chi connectivity index (χ1n) is 7.90. The van der Waals surface area contributed by atoms with Crippen LogP contribution in [0.3, 0.4) is 0 Å². The molecule has 0 spiro atoms. The smallest absolute Gasteiger partial charge is 0.124 e. The van der Waals surface area contributed by atoms with E-state index in [0.29, 0.717) is 16.9 Å². The second-order valence-electron chi connectivity index (χ2n) is 6.65. The first-order chi connectivity index (χ1) is 10.0. The molecular formula is C17H23ClFNO. The van der Waals surface area contributed by atoms with Gasteiger partial charge >= 0.3 is 0 Å². The van der Waals surface area contributed by atoms with E-state index in [0.717, 1.165) is 44.5 Å². The summed E-state index contributed by atoms with van der Waals surface area (Å²) in [5.41, 5.74) is 0.473. The normalized spacial score (nSPS) is 33.1. The molecule has 3 atom stereocenters. The fourth-order valence-electron chi connectivity index (χ4n) is 4.18. The number of aliphatic hydroxyl groups is 1.